The van der Waals surface area contributed by atoms with Gasteiger partial charge >= 0.3 is 0 Å². The second-order valence-corrected chi connectivity index (χ2v) is 11.7. The first-order valence-electron chi connectivity index (χ1n) is 12.8. The van der Waals surface area contributed by atoms with Crippen molar-refractivity contribution < 1.29 is 14.4 Å². The normalized spacial score (nSPS) is 16.9. The van der Waals surface area contributed by atoms with Gasteiger partial charge in [0.05, 0.1) is 0 Å². The van der Waals surface area contributed by atoms with Crippen molar-refractivity contribution >= 4 is 22.9 Å². The molecular weight excluding hydrogens is 420 g/mol. The molecule has 2 rings (SSSR count). The van der Waals surface area contributed by atoms with E-state index in [-0.39, 0.29) is 52.9 Å². The summed E-state index contributed by atoms with van der Waals surface area (Å²) in [5, 5.41) is 0. The zero-order valence-electron chi connectivity index (χ0n) is 22.7. The molecule has 0 amide bonds. The van der Waals surface area contributed by atoms with Gasteiger partial charge in [0.25, 0.3) is 0 Å². The van der Waals surface area contributed by atoms with Gasteiger partial charge in [-0.1, -0.05) is 84.4 Å². The van der Waals surface area contributed by atoms with Gasteiger partial charge in [-0.05, 0) is 66.7 Å². The average molecular weight is 465 g/mol. The van der Waals surface area contributed by atoms with Gasteiger partial charge in [0.1, 0.15) is 11.6 Å². The fraction of sp³-hybridized carbons (Fsp3) is 0.581. The molecule has 0 fully saturated rings. The predicted molar refractivity (Wildman–Crippen MR) is 141 cm³/mol. The van der Waals surface area contributed by atoms with E-state index in [1.54, 1.807) is 6.92 Å². The van der Waals surface area contributed by atoms with Crippen LogP contribution in [0.2, 0.25) is 0 Å². The van der Waals surface area contributed by atoms with Crippen molar-refractivity contribution in [2.75, 3.05) is 0 Å². The summed E-state index contributed by atoms with van der Waals surface area (Å²) in [7, 11) is 0. The maximum absolute atomic E-state index is 13.7. The minimum Gasteiger partial charge on any atom is -0.300 e. The highest BCUT2D eigenvalue weighted by molar-refractivity contribution is 6.00. The largest absolute Gasteiger partial charge is 0.300 e. The van der Waals surface area contributed by atoms with E-state index < -0.39 is 0 Å². The summed E-state index contributed by atoms with van der Waals surface area (Å²) in [5.41, 5.74) is 5.26. The third kappa shape index (κ3) is 6.87. The zero-order valence-corrected chi connectivity index (χ0v) is 22.7. The Kier molecular flexibility index (Phi) is 9.39. The van der Waals surface area contributed by atoms with Gasteiger partial charge < -0.3 is 0 Å². The maximum atomic E-state index is 13.7. The van der Waals surface area contributed by atoms with Crippen LogP contribution in [-0.2, 0) is 20.8 Å². The van der Waals surface area contributed by atoms with Crippen LogP contribution in [0.5, 0.6) is 0 Å². The molecule has 3 unspecified atom stereocenters. The topological polar surface area (TPSA) is 51.2 Å². The molecule has 1 aromatic rings. The molecule has 0 saturated carbocycles. The Morgan fingerprint density at radius 1 is 0.912 bits per heavy atom. The number of rotatable bonds is 11. The second kappa shape index (κ2) is 11.4. The smallest absolute Gasteiger partial charge is 0.162 e. The number of Topliss-reactive ketones (excluding diaryl/α,β-unsaturated/α-hetero) is 3. The minimum atomic E-state index is -0.381. The zero-order chi connectivity index (χ0) is 25.8. The molecule has 3 heteroatoms. The van der Waals surface area contributed by atoms with Crippen LogP contribution in [0.3, 0.4) is 0 Å². The molecular formula is C31H44O3. The van der Waals surface area contributed by atoms with E-state index in [0.29, 0.717) is 12.8 Å². The van der Waals surface area contributed by atoms with Gasteiger partial charge in [-0.15, -0.1) is 0 Å². The van der Waals surface area contributed by atoms with E-state index in [9.17, 15) is 14.4 Å². The number of hydrogen-bond acceptors (Lipinski definition) is 3. The van der Waals surface area contributed by atoms with E-state index >= 15 is 0 Å². The van der Waals surface area contributed by atoms with Crippen LogP contribution in [0, 0.1) is 29.1 Å². The average Bonchev–Trinajstić information content (AvgIpc) is 3.16. The molecule has 1 aliphatic rings. The van der Waals surface area contributed by atoms with Crippen molar-refractivity contribution in [1.82, 2.24) is 0 Å². The quantitative estimate of drug-likeness (QED) is 0.320. The van der Waals surface area contributed by atoms with Crippen molar-refractivity contribution in [2.24, 2.45) is 29.1 Å². The van der Waals surface area contributed by atoms with Crippen molar-refractivity contribution in [2.45, 2.75) is 88.0 Å². The Morgan fingerprint density at radius 2 is 1.53 bits per heavy atom. The third-order valence-electron chi connectivity index (χ3n) is 7.54. The summed E-state index contributed by atoms with van der Waals surface area (Å²) >= 11 is 0. The van der Waals surface area contributed by atoms with E-state index in [0.717, 1.165) is 17.6 Å². The molecule has 3 atom stereocenters. The molecule has 0 radical (unpaired) electrons. The molecule has 0 spiro atoms. The van der Waals surface area contributed by atoms with Gasteiger partial charge in [0.15, 0.2) is 5.78 Å². The fourth-order valence-corrected chi connectivity index (χ4v) is 4.90. The lowest BCUT2D eigenvalue weighted by Crippen LogP contribution is -2.33. The molecule has 1 aliphatic carbocycles. The number of fused-ring (bicyclic) bond motifs is 1. The Hall–Kier alpha value is -2.29. The Bertz CT molecular complexity index is 984. The van der Waals surface area contributed by atoms with Crippen LogP contribution >= 0.6 is 0 Å². The van der Waals surface area contributed by atoms with Crippen LogP contribution < -0.4 is 0 Å². The standard InChI is InChI=1S/C31H44O3/c1-19(2)27(17-20(3)23(6)32)22(5)30(34)28(31(7,8)9)18-29(33)21(4)16-25-15-14-24-12-10-11-13-26(24)25/h10-13,15,19-21,28H,14,16-18H2,1-9H3/b27-22-. The lowest BCUT2D eigenvalue weighted by Gasteiger charge is -2.31. The first-order valence-corrected chi connectivity index (χ1v) is 12.8. The molecule has 0 aliphatic heterocycles. The monoisotopic (exact) mass is 464 g/mol. The molecule has 0 bridgehead atoms. The van der Waals surface area contributed by atoms with E-state index in [1.807, 2.05) is 47.6 Å². The Morgan fingerprint density at radius 3 is 2.09 bits per heavy atom. The minimum absolute atomic E-state index is 0.0536. The van der Waals surface area contributed by atoms with Crippen molar-refractivity contribution in [3.8, 4) is 0 Å². The van der Waals surface area contributed by atoms with Crippen molar-refractivity contribution in [3.05, 3.63) is 52.6 Å². The highest BCUT2D eigenvalue weighted by Gasteiger charge is 2.36. The number of allylic oxidation sites excluding steroid dienone is 4. The highest BCUT2D eigenvalue weighted by Crippen LogP contribution is 2.37. The lowest BCUT2D eigenvalue weighted by atomic mass is 9.71. The molecule has 186 valence electrons. The van der Waals surface area contributed by atoms with Crippen LogP contribution in [0.15, 0.2) is 41.5 Å². The van der Waals surface area contributed by atoms with Crippen molar-refractivity contribution in [1.29, 1.82) is 0 Å². The van der Waals surface area contributed by atoms with Gasteiger partial charge in [-0.3, -0.25) is 14.4 Å². The molecule has 0 heterocycles. The lowest BCUT2D eigenvalue weighted by molar-refractivity contribution is -0.130. The molecule has 34 heavy (non-hydrogen) atoms. The van der Waals surface area contributed by atoms with Crippen molar-refractivity contribution in [3.63, 3.8) is 0 Å². The Balaban J connectivity index is 2.22. The van der Waals surface area contributed by atoms with Crippen LogP contribution in [0.1, 0.15) is 92.7 Å². The first kappa shape index (κ1) is 28.0. The van der Waals surface area contributed by atoms with Crippen LogP contribution in [-0.4, -0.2) is 17.3 Å². The highest BCUT2D eigenvalue weighted by atomic mass is 16.1. The summed E-state index contributed by atoms with van der Waals surface area (Å²) in [6.45, 7) is 17.7. The fourth-order valence-electron chi connectivity index (χ4n) is 4.90. The van der Waals surface area contributed by atoms with Crippen LogP contribution in [0.4, 0.5) is 0 Å². The first-order chi connectivity index (χ1) is 15.7. The number of ketones is 3. The maximum Gasteiger partial charge on any atom is 0.162 e. The molecule has 0 saturated heterocycles. The molecule has 1 aromatic carbocycles. The number of carbonyl (C=O) groups excluding carboxylic acids is 3. The third-order valence-corrected chi connectivity index (χ3v) is 7.54. The van der Waals surface area contributed by atoms with Gasteiger partial charge in [0.2, 0.25) is 0 Å². The number of hydrogen-bond donors (Lipinski definition) is 0. The summed E-state index contributed by atoms with van der Waals surface area (Å²) in [4.78, 5) is 39.0. The molecule has 3 nitrogen and oxygen atoms in total. The van der Waals surface area contributed by atoms with Gasteiger partial charge in [-0.2, -0.15) is 0 Å². The van der Waals surface area contributed by atoms with Gasteiger partial charge in [-0.25, -0.2) is 0 Å². The summed E-state index contributed by atoms with van der Waals surface area (Å²) in [5.74, 6) is -0.117. The summed E-state index contributed by atoms with van der Waals surface area (Å²) < 4.78 is 0. The summed E-state index contributed by atoms with van der Waals surface area (Å²) in [6, 6.07) is 8.39. The number of benzene rings is 1. The van der Waals surface area contributed by atoms with Crippen LogP contribution in [0.25, 0.3) is 5.57 Å². The van der Waals surface area contributed by atoms with E-state index in [4.69, 9.17) is 0 Å². The molecule has 0 N–H and O–H groups in total. The SMILES string of the molecule is CC(=O)C(C)C/C(=C(\C)C(=O)C(CC(=O)C(C)CC1=CCc2ccccc21)C(C)(C)C)C(C)C. The predicted octanol–water partition coefficient (Wildman–Crippen LogP) is 7.43. The second-order valence-electron chi connectivity index (χ2n) is 11.7. The Labute approximate surface area is 207 Å². The van der Waals surface area contributed by atoms with E-state index in [2.05, 4.69) is 38.1 Å². The van der Waals surface area contributed by atoms with E-state index in [1.165, 1.54) is 16.7 Å². The van der Waals surface area contributed by atoms with Gasteiger partial charge in [0, 0.05) is 24.2 Å². The molecule has 0 aromatic heterocycles. The summed E-state index contributed by atoms with van der Waals surface area (Å²) in [6.07, 6.45) is 4.72. The number of carbonyl (C=O) groups is 3.